The van der Waals surface area contributed by atoms with E-state index in [0.29, 0.717) is 5.75 Å². The molecule has 0 heterocycles. The third kappa shape index (κ3) is 3.53. The first-order chi connectivity index (χ1) is 11.0. The van der Waals surface area contributed by atoms with Crippen molar-refractivity contribution < 1.29 is 14.3 Å². The van der Waals surface area contributed by atoms with Gasteiger partial charge in [0.15, 0.2) is 0 Å². The van der Waals surface area contributed by atoms with Crippen molar-refractivity contribution >= 4 is 17.7 Å². The number of carbonyl (C=O) groups excluding carboxylic acids is 1. The highest BCUT2D eigenvalue weighted by molar-refractivity contribution is 8.00. The van der Waals surface area contributed by atoms with E-state index in [-0.39, 0.29) is 11.9 Å². The van der Waals surface area contributed by atoms with Crippen LogP contribution in [0.5, 0.6) is 11.5 Å². The number of thioether (sulfide) groups is 1. The fourth-order valence-corrected chi connectivity index (χ4v) is 3.77. The maximum Gasteiger partial charge on any atom is 0.326 e. The van der Waals surface area contributed by atoms with Crippen LogP contribution in [0.1, 0.15) is 19.4 Å². The predicted octanol–water partition coefficient (Wildman–Crippen LogP) is 4.87. The van der Waals surface area contributed by atoms with Crippen LogP contribution in [0.4, 0.5) is 0 Å². The molecule has 0 fully saturated rings. The maximum atomic E-state index is 12.5. The van der Waals surface area contributed by atoms with E-state index in [1.165, 1.54) is 18.9 Å². The average molecular weight is 330 g/mol. The Morgan fingerprint density at radius 2 is 1.70 bits per heavy atom. The lowest BCUT2D eigenvalue weighted by Gasteiger charge is -2.33. The van der Waals surface area contributed by atoms with E-state index in [9.17, 15) is 4.79 Å². The van der Waals surface area contributed by atoms with Gasteiger partial charge in [0.2, 0.25) is 0 Å². The van der Waals surface area contributed by atoms with Gasteiger partial charge in [-0.05, 0) is 42.0 Å². The van der Waals surface area contributed by atoms with Gasteiger partial charge in [0.25, 0.3) is 0 Å². The summed E-state index contributed by atoms with van der Waals surface area (Å²) in [6.45, 7) is 4.05. The number of methoxy groups -OCH3 is 1. The van der Waals surface area contributed by atoms with Gasteiger partial charge in [0, 0.05) is 0 Å². The minimum absolute atomic E-state index is 0.0805. The molecule has 2 aromatic carbocycles. The summed E-state index contributed by atoms with van der Waals surface area (Å²) in [5, 5.41) is 0. The number of benzene rings is 2. The molecule has 3 nitrogen and oxygen atoms in total. The van der Waals surface area contributed by atoms with Crippen molar-refractivity contribution in [3.63, 3.8) is 0 Å². The summed E-state index contributed by atoms with van der Waals surface area (Å²) >= 11 is 1.50. The molecule has 0 bridgehead atoms. The Bertz CT molecular complexity index is 655. The second-order valence-corrected chi connectivity index (χ2v) is 6.58. The molecule has 2 aromatic rings. The van der Waals surface area contributed by atoms with E-state index in [1.807, 2.05) is 74.7 Å². The van der Waals surface area contributed by atoms with Gasteiger partial charge < -0.3 is 9.47 Å². The molecule has 1 unspecified atom stereocenters. The fraction of sp³-hybridized carbons (Fsp3) is 0.316. The number of carbonyl (C=O) groups is 1. The molecule has 0 aliphatic rings. The van der Waals surface area contributed by atoms with Crippen LogP contribution < -0.4 is 4.74 Å². The SMILES string of the molecule is COC(=O)C(SC)(c1cccc(Oc2ccccc2)c1)C(C)C. The third-order valence-electron chi connectivity index (χ3n) is 3.87. The Kier molecular flexibility index (Phi) is 5.72. The molecular formula is C19H22O3S. The smallest absolute Gasteiger partial charge is 0.326 e. The van der Waals surface area contributed by atoms with E-state index in [4.69, 9.17) is 9.47 Å². The number of para-hydroxylation sites is 1. The predicted molar refractivity (Wildman–Crippen MR) is 95.0 cm³/mol. The molecule has 4 heteroatoms. The average Bonchev–Trinajstić information content (AvgIpc) is 2.57. The van der Waals surface area contributed by atoms with Crippen LogP contribution in [0.15, 0.2) is 54.6 Å². The molecule has 0 radical (unpaired) electrons. The first-order valence-electron chi connectivity index (χ1n) is 7.51. The Morgan fingerprint density at radius 1 is 1.04 bits per heavy atom. The first-order valence-corrected chi connectivity index (χ1v) is 8.74. The van der Waals surface area contributed by atoms with Crippen LogP contribution in [-0.4, -0.2) is 19.3 Å². The Labute approximate surface area is 142 Å². The van der Waals surface area contributed by atoms with Gasteiger partial charge in [-0.2, -0.15) is 0 Å². The maximum absolute atomic E-state index is 12.5. The van der Waals surface area contributed by atoms with Crippen LogP contribution in [-0.2, 0) is 14.3 Å². The molecule has 0 amide bonds. The number of hydrogen-bond donors (Lipinski definition) is 0. The number of hydrogen-bond acceptors (Lipinski definition) is 4. The van der Waals surface area contributed by atoms with Crippen molar-refractivity contribution in [1.82, 2.24) is 0 Å². The van der Waals surface area contributed by atoms with Gasteiger partial charge >= 0.3 is 5.97 Å². The summed E-state index contributed by atoms with van der Waals surface area (Å²) in [4.78, 5) is 12.5. The minimum Gasteiger partial charge on any atom is -0.468 e. The molecule has 0 N–H and O–H groups in total. The zero-order valence-electron chi connectivity index (χ0n) is 13.9. The second kappa shape index (κ2) is 7.55. The van der Waals surface area contributed by atoms with E-state index >= 15 is 0 Å². The molecule has 0 aliphatic heterocycles. The van der Waals surface area contributed by atoms with Crippen molar-refractivity contribution in [2.45, 2.75) is 18.6 Å². The molecule has 0 spiro atoms. The number of esters is 1. The van der Waals surface area contributed by atoms with Crippen molar-refractivity contribution in [3.8, 4) is 11.5 Å². The van der Waals surface area contributed by atoms with Gasteiger partial charge in [0.1, 0.15) is 16.2 Å². The van der Waals surface area contributed by atoms with Gasteiger partial charge in [0.05, 0.1) is 7.11 Å². The first kappa shape index (κ1) is 17.4. The van der Waals surface area contributed by atoms with Crippen LogP contribution in [0.25, 0.3) is 0 Å². The topological polar surface area (TPSA) is 35.5 Å². The minimum atomic E-state index is -0.745. The van der Waals surface area contributed by atoms with Crippen LogP contribution in [0.3, 0.4) is 0 Å². The summed E-state index contributed by atoms with van der Waals surface area (Å²) in [6, 6.07) is 17.3. The summed E-state index contributed by atoms with van der Waals surface area (Å²) < 4.78 is 10.2. The lowest BCUT2D eigenvalue weighted by atomic mass is 9.87. The highest BCUT2D eigenvalue weighted by atomic mass is 32.2. The van der Waals surface area contributed by atoms with Crippen molar-refractivity contribution in [2.75, 3.05) is 13.4 Å². The highest BCUT2D eigenvalue weighted by Gasteiger charge is 2.44. The van der Waals surface area contributed by atoms with Crippen molar-refractivity contribution in [1.29, 1.82) is 0 Å². The van der Waals surface area contributed by atoms with Gasteiger partial charge in [-0.3, -0.25) is 4.79 Å². The summed E-state index contributed by atoms with van der Waals surface area (Å²) in [6.07, 6.45) is 1.93. The zero-order valence-corrected chi connectivity index (χ0v) is 14.7. The lowest BCUT2D eigenvalue weighted by Crippen LogP contribution is -2.38. The summed E-state index contributed by atoms with van der Waals surface area (Å²) in [5.41, 5.74) is 0.889. The summed E-state index contributed by atoms with van der Waals surface area (Å²) in [7, 11) is 1.43. The molecule has 122 valence electrons. The fourth-order valence-electron chi connectivity index (χ4n) is 2.69. The van der Waals surface area contributed by atoms with Gasteiger partial charge in [-0.15, -0.1) is 11.8 Å². The van der Waals surface area contributed by atoms with E-state index in [1.54, 1.807) is 0 Å². The van der Waals surface area contributed by atoms with Crippen molar-refractivity contribution in [2.24, 2.45) is 5.92 Å². The van der Waals surface area contributed by atoms with E-state index < -0.39 is 4.75 Å². The third-order valence-corrected chi connectivity index (χ3v) is 5.38. The second-order valence-electron chi connectivity index (χ2n) is 5.53. The Balaban J connectivity index is 2.41. The molecular weight excluding hydrogens is 308 g/mol. The number of ether oxygens (including phenoxy) is 2. The highest BCUT2D eigenvalue weighted by Crippen LogP contribution is 2.44. The standard InChI is InChI=1S/C19H22O3S/c1-14(2)19(23-4,18(20)21-3)15-9-8-12-17(13-15)22-16-10-6-5-7-11-16/h5-14H,1-4H3. The van der Waals surface area contributed by atoms with Gasteiger partial charge in [-0.25, -0.2) is 0 Å². The molecule has 0 aromatic heterocycles. The summed E-state index contributed by atoms with van der Waals surface area (Å²) in [5.74, 6) is 1.31. The van der Waals surface area contributed by atoms with Crippen LogP contribution in [0, 0.1) is 5.92 Å². The van der Waals surface area contributed by atoms with Crippen molar-refractivity contribution in [3.05, 3.63) is 60.2 Å². The number of rotatable bonds is 6. The largest absolute Gasteiger partial charge is 0.468 e. The van der Waals surface area contributed by atoms with E-state index in [0.717, 1.165) is 11.3 Å². The normalized spacial score (nSPS) is 13.4. The van der Waals surface area contributed by atoms with Crippen LogP contribution in [0.2, 0.25) is 0 Å². The van der Waals surface area contributed by atoms with Gasteiger partial charge in [-0.1, -0.05) is 44.2 Å². The molecule has 0 saturated carbocycles. The molecule has 2 rings (SSSR count). The lowest BCUT2D eigenvalue weighted by molar-refractivity contribution is -0.145. The molecule has 1 atom stereocenters. The molecule has 23 heavy (non-hydrogen) atoms. The molecule has 0 saturated heterocycles. The zero-order chi connectivity index (χ0) is 16.9. The van der Waals surface area contributed by atoms with Crippen LogP contribution >= 0.6 is 11.8 Å². The Hall–Kier alpha value is -1.94. The van der Waals surface area contributed by atoms with E-state index in [2.05, 4.69) is 0 Å². The quantitative estimate of drug-likeness (QED) is 0.708. The Morgan fingerprint density at radius 3 is 2.26 bits per heavy atom. The monoisotopic (exact) mass is 330 g/mol. The molecule has 0 aliphatic carbocycles.